The number of carboxylic acid groups (broad SMARTS) is 1. The number of benzene rings is 1. The van der Waals surface area contributed by atoms with Crippen molar-refractivity contribution >= 4 is 23.3 Å². The van der Waals surface area contributed by atoms with Crippen molar-refractivity contribution in [3.05, 3.63) is 66.2 Å². The minimum absolute atomic E-state index is 0.0686. The Hall–Kier alpha value is -4.41. The van der Waals surface area contributed by atoms with Crippen molar-refractivity contribution < 1.29 is 23.5 Å². The number of Topliss-reactive ketones (excluding diaryl/α,β-unsaturated/α-hetero) is 1. The van der Waals surface area contributed by atoms with Gasteiger partial charge in [0.2, 0.25) is 0 Å². The van der Waals surface area contributed by atoms with Crippen LogP contribution in [0, 0.1) is 0 Å². The van der Waals surface area contributed by atoms with Crippen LogP contribution in [0.1, 0.15) is 33.7 Å². The average molecular weight is 438 g/mol. The van der Waals surface area contributed by atoms with Crippen molar-refractivity contribution in [1.29, 1.82) is 0 Å². The van der Waals surface area contributed by atoms with Gasteiger partial charge < -0.3 is 24.6 Å². The molecular formula is C21H22N6O5. The predicted molar refractivity (Wildman–Crippen MR) is 115 cm³/mol. The molecule has 3 heterocycles. The van der Waals surface area contributed by atoms with Crippen molar-refractivity contribution in [2.75, 3.05) is 24.7 Å². The zero-order valence-corrected chi connectivity index (χ0v) is 17.7. The topological polar surface area (TPSA) is 154 Å². The third kappa shape index (κ3) is 5.39. The van der Waals surface area contributed by atoms with E-state index in [4.69, 9.17) is 19.7 Å². The molecule has 4 rings (SSSR count). The summed E-state index contributed by atoms with van der Waals surface area (Å²) in [6.45, 7) is 1.82. The molecule has 11 heteroatoms. The molecule has 0 aliphatic rings. The molecule has 3 N–H and O–H groups in total. The van der Waals surface area contributed by atoms with Gasteiger partial charge in [0.15, 0.2) is 35.2 Å². The molecular weight excluding hydrogens is 416 g/mol. The number of oxazole rings is 1. The lowest BCUT2D eigenvalue weighted by molar-refractivity contribution is 0.0691. The Balaban J connectivity index is 0.000000182. The SMILES string of the molecule is CC(=O)c1ccc(Cn2ncc(N)n2)o1.CN(C)c1cccc(-c2ocnc2C(=O)O)c1. The van der Waals surface area contributed by atoms with Gasteiger partial charge in [0.1, 0.15) is 12.3 Å². The number of rotatable bonds is 6. The number of nitrogens with zero attached hydrogens (tertiary/aromatic N) is 5. The van der Waals surface area contributed by atoms with Gasteiger partial charge in [-0.15, -0.1) is 5.10 Å². The maximum atomic E-state index is 11.0. The first-order chi connectivity index (χ1) is 15.2. The second-order valence-electron chi connectivity index (χ2n) is 6.90. The zero-order valence-electron chi connectivity index (χ0n) is 17.7. The lowest BCUT2D eigenvalue weighted by Gasteiger charge is -2.12. The van der Waals surface area contributed by atoms with E-state index in [-0.39, 0.29) is 17.2 Å². The van der Waals surface area contributed by atoms with Crippen LogP contribution in [0.25, 0.3) is 11.3 Å². The van der Waals surface area contributed by atoms with Crippen molar-refractivity contribution in [3.63, 3.8) is 0 Å². The summed E-state index contributed by atoms with van der Waals surface area (Å²) in [4.78, 5) is 28.9. The highest BCUT2D eigenvalue weighted by molar-refractivity contribution is 5.92. The lowest BCUT2D eigenvalue weighted by atomic mass is 10.1. The Morgan fingerprint density at radius 1 is 1.22 bits per heavy atom. The monoisotopic (exact) mass is 438 g/mol. The maximum absolute atomic E-state index is 11.0. The average Bonchev–Trinajstić information content (AvgIpc) is 3.50. The van der Waals surface area contributed by atoms with Gasteiger partial charge in [-0.25, -0.2) is 9.78 Å². The fourth-order valence-corrected chi connectivity index (χ4v) is 2.71. The van der Waals surface area contributed by atoms with Crippen molar-refractivity contribution in [2.45, 2.75) is 13.5 Å². The summed E-state index contributed by atoms with van der Waals surface area (Å²) in [6, 6.07) is 10.8. The normalized spacial score (nSPS) is 10.3. The summed E-state index contributed by atoms with van der Waals surface area (Å²) in [6.07, 6.45) is 2.59. The molecule has 32 heavy (non-hydrogen) atoms. The van der Waals surface area contributed by atoms with Gasteiger partial charge in [0.05, 0.1) is 6.20 Å². The quantitative estimate of drug-likeness (QED) is 0.429. The molecule has 0 fully saturated rings. The largest absolute Gasteiger partial charge is 0.476 e. The fourth-order valence-electron chi connectivity index (χ4n) is 2.71. The number of ketones is 1. The highest BCUT2D eigenvalue weighted by Gasteiger charge is 2.17. The molecule has 0 saturated carbocycles. The number of nitrogen functional groups attached to an aromatic ring is 1. The highest BCUT2D eigenvalue weighted by atomic mass is 16.4. The van der Waals surface area contributed by atoms with E-state index in [1.165, 1.54) is 17.9 Å². The van der Waals surface area contributed by atoms with E-state index in [1.807, 2.05) is 37.2 Å². The Morgan fingerprint density at radius 2 is 2.00 bits per heavy atom. The smallest absolute Gasteiger partial charge is 0.358 e. The molecule has 0 aliphatic heterocycles. The molecule has 0 atom stereocenters. The van der Waals surface area contributed by atoms with Crippen molar-refractivity contribution in [1.82, 2.24) is 20.0 Å². The summed E-state index contributed by atoms with van der Waals surface area (Å²) in [7, 11) is 3.83. The van der Waals surface area contributed by atoms with Crippen LogP contribution in [-0.2, 0) is 6.54 Å². The number of hydrogen-bond donors (Lipinski definition) is 2. The van der Waals surface area contributed by atoms with E-state index in [2.05, 4.69) is 15.2 Å². The second kappa shape index (κ2) is 9.60. The Kier molecular flexibility index (Phi) is 6.68. The van der Waals surface area contributed by atoms with Crippen LogP contribution in [0.3, 0.4) is 0 Å². The van der Waals surface area contributed by atoms with Crippen LogP contribution in [0.5, 0.6) is 0 Å². The number of hydrogen-bond acceptors (Lipinski definition) is 9. The molecule has 0 saturated heterocycles. The maximum Gasteiger partial charge on any atom is 0.358 e. The van der Waals surface area contributed by atoms with Gasteiger partial charge in [0, 0.05) is 32.3 Å². The third-order valence-electron chi connectivity index (χ3n) is 4.25. The van der Waals surface area contributed by atoms with E-state index >= 15 is 0 Å². The van der Waals surface area contributed by atoms with Gasteiger partial charge in [-0.1, -0.05) is 12.1 Å². The first-order valence-electron chi connectivity index (χ1n) is 9.44. The van der Waals surface area contributed by atoms with E-state index in [0.29, 0.717) is 29.4 Å². The number of carbonyl (C=O) groups excluding carboxylic acids is 1. The highest BCUT2D eigenvalue weighted by Crippen LogP contribution is 2.26. The fraction of sp³-hybridized carbons (Fsp3) is 0.190. The number of furan rings is 1. The molecule has 0 radical (unpaired) electrons. The third-order valence-corrected chi connectivity index (χ3v) is 4.25. The Morgan fingerprint density at radius 3 is 2.59 bits per heavy atom. The van der Waals surface area contributed by atoms with Gasteiger partial charge >= 0.3 is 5.97 Å². The van der Waals surface area contributed by atoms with E-state index in [0.717, 1.165) is 12.1 Å². The Bertz CT molecular complexity index is 1220. The number of carbonyl (C=O) groups is 2. The van der Waals surface area contributed by atoms with Crippen LogP contribution < -0.4 is 10.6 Å². The molecule has 3 aromatic heterocycles. The van der Waals surface area contributed by atoms with Crippen LogP contribution in [0.4, 0.5) is 11.5 Å². The van der Waals surface area contributed by atoms with Crippen LogP contribution in [-0.4, -0.2) is 50.9 Å². The number of carboxylic acids is 1. The first kappa shape index (κ1) is 22.3. The minimum Gasteiger partial charge on any atom is -0.476 e. The molecule has 166 valence electrons. The summed E-state index contributed by atoms with van der Waals surface area (Å²) < 4.78 is 10.4. The molecule has 0 aliphatic carbocycles. The molecule has 1 aromatic carbocycles. The van der Waals surface area contributed by atoms with Crippen LogP contribution in [0.2, 0.25) is 0 Å². The molecule has 0 spiro atoms. The molecule has 11 nitrogen and oxygen atoms in total. The predicted octanol–water partition coefficient (Wildman–Crippen LogP) is 2.81. The molecule has 0 amide bonds. The van der Waals surface area contributed by atoms with Crippen molar-refractivity contribution in [2.24, 2.45) is 0 Å². The molecule has 4 aromatic rings. The molecule has 0 bridgehead atoms. The summed E-state index contributed by atoms with van der Waals surface area (Å²) in [5, 5.41) is 16.8. The Labute approximate surface area is 183 Å². The van der Waals surface area contributed by atoms with E-state index in [1.54, 1.807) is 18.2 Å². The lowest BCUT2D eigenvalue weighted by Crippen LogP contribution is -2.08. The number of nitrogens with two attached hydrogens (primary N) is 1. The minimum atomic E-state index is -1.09. The standard InChI is InChI=1S/C12H12N2O3.C9H10N4O2/c1-14(2)9-5-3-4-8(6-9)11-10(12(15)16)13-7-17-11;1-6(14)8-3-2-7(15-8)5-13-11-4-9(10)12-13/h3-7H,1-2H3,(H,15,16);2-4H,5H2,1H3,(H2,10,12). The van der Waals surface area contributed by atoms with Crippen LogP contribution in [0.15, 0.2) is 57.8 Å². The van der Waals surface area contributed by atoms with E-state index in [9.17, 15) is 9.59 Å². The zero-order chi connectivity index (χ0) is 23.3. The van der Waals surface area contributed by atoms with E-state index < -0.39 is 5.97 Å². The summed E-state index contributed by atoms with van der Waals surface area (Å²) >= 11 is 0. The van der Waals surface area contributed by atoms with Crippen LogP contribution >= 0.6 is 0 Å². The first-order valence-corrected chi connectivity index (χ1v) is 9.44. The summed E-state index contributed by atoms with van der Waals surface area (Å²) in [5.41, 5.74) is 7.01. The van der Waals surface area contributed by atoms with Crippen molar-refractivity contribution in [3.8, 4) is 11.3 Å². The second-order valence-corrected chi connectivity index (χ2v) is 6.90. The summed E-state index contributed by atoms with van der Waals surface area (Å²) in [5.74, 6) is 0.397. The number of aromatic carboxylic acids is 1. The molecule has 0 unspecified atom stereocenters. The number of aromatic nitrogens is 4. The van der Waals surface area contributed by atoms with Gasteiger partial charge in [-0.05, 0) is 24.3 Å². The van der Waals surface area contributed by atoms with Gasteiger partial charge in [-0.3, -0.25) is 4.79 Å². The number of anilines is 2. The van der Waals surface area contributed by atoms with Gasteiger partial charge in [-0.2, -0.15) is 9.90 Å². The van der Waals surface area contributed by atoms with Gasteiger partial charge in [0.25, 0.3) is 0 Å².